The summed E-state index contributed by atoms with van der Waals surface area (Å²) in [6.07, 6.45) is 0. The van der Waals surface area contributed by atoms with E-state index in [0.29, 0.717) is 0 Å². The summed E-state index contributed by atoms with van der Waals surface area (Å²) in [6.45, 7) is 6.94. The molecule has 44 heavy (non-hydrogen) atoms. The lowest BCUT2D eigenvalue weighted by atomic mass is 9.58. The maximum atomic E-state index is 3.82. The molecule has 1 N–H and O–H groups in total. The van der Waals surface area contributed by atoms with Gasteiger partial charge in [-0.3, -0.25) is 0 Å². The van der Waals surface area contributed by atoms with E-state index in [2.05, 4.69) is 172 Å². The van der Waals surface area contributed by atoms with Crippen molar-refractivity contribution in [3.63, 3.8) is 0 Å². The van der Waals surface area contributed by atoms with Gasteiger partial charge in [0.25, 0.3) is 0 Å². The van der Waals surface area contributed by atoms with Crippen molar-refractivity contribution in [2.45, 2.75) is 36.0 Å². The van der Waals surface area contributed by atoms with Crippen LogP contribution in [0, 0.1) is 6.92 Å². The molecular weight excluding hydrogens is 551 g/mol. The second-order valence-corrected chi connectivity index (χ2v) is 13.3. The van der Waals surface area contributed by atoms with Crippen LogP contribution < -0.4 is 21.1 Å². The zero-order valence-corrected chi connectivity index (χ0v) is 26.0. The van der Waals surface area contributed by atoms with Gasteiger partial charge in [-0.15, -0.1) is 0 Å². The van der Waals surface area contributed by atoms with Crippen molar-refractivity contribution in [3.05, 3.63) is 150 Å². The number of fused-ring (bicyclic) bond motifs is 4. The summed E-state index contributed by atoms with van der Waals surface area (Å²) in [7, 11) is 2.37. The molecule has 8 rings (SSSR count). The Bertz CT molecular complexity index is 2040. The number of nitrogens with one attached hydrogen (secondary N) is 1. The monoisotopic (exact) mass is 583 g/mol. The van der Waals surface area contributed by atoms with E-state index in [9.17, 15) is 0 Å². The number of rotatable bonds is 4. The van der Waals surface area contributed by atoms with Gasteiger partial charge < -0.3 is 10.2 Å². The molecule has 2 heterocycles. The third kappa shape index (κ3) is 4.44. The average molecular weight is 584 g/mol. The Morgan fingerprint density at radius 1 is 0.636 bits per heavy atom. The Morgan fingerprint density at radius 2 is 1.34 bits per heavy atom. The van der Waals surface area contributed by atoms with E-state index < -0.39 is 0 Å². The summed E-state index contributed by atoms with van der Waals surface area (Å²) in [5.41, 5.74) is 14.5. The highest BCUT2D eigenvalue weighted by atomic mass is 32.2. The van der Waals surface area contributed by atoms with E-state index in [1.54, 1.807) is 0 Å². The Morgan fingerprint density at radius 3 is 2.16 bits per heavy atom. The Kier molecular flexibility index (Phi) is 6.43. The van der Waals surface area contributed by atoms with Crippen molar-refractivity contribution >= 4 is 58.4 Å². The van der Waals surface area contributed by atoms with E-state index in [1.165, 1.54) is 59.9 Å². The van der Waals surface area contributed by atoms with Crippen LogP contribution in [0.5, 0.6) is 0 Å². The molecule has 0 aliphatic carbocycles. The standard InChI is InChI=1S/C40H32BN2S/c1-26-22-30(39-36(23-26)43(28-16-8-5-9-17-28)35-20-12-11-19-33(35)41-39)29-24-32-38(25-34(29)42-27-14-6-4-7-15-27)44-37-21-13-10-18-31(37)40(32,2)3/h4-25,42H,1-3H3. The lowest BCUT2D eigenvalue weighted by molar-refractivity contribution is 0.608. The molecule has 4 heteroatoms. The molecule has 2 aliphatic heterocycles. The van der Waals surface area contributed by atoms with E-state index >= 15 is 0 Å². The fourth-order valence-corrected chi connectivity index (χ4v) is 8.20. The van der Waals surface area contributed by atoms with E-state index in [4.69, 9.17) is 0 Å². The molecule has 0 spiro atoms. The minimum Gasteiger partial charge on any atom is -0.355 e. The quantitative estimate of drug-likeness (QED) is 0.208. The highest BCUT2D eigenvalue weighted by Gasteiger charge is 2.35. The maximum Gasteiger partial charge on any atom is 0.197 e. The average Bonchev–Trinajstić information content (AvgIpc) is 3.04. The molecule has 2 nitrogen and oxygen atoms in total. The number of anilines is 5. The molecule has 1 radical (unpaired) electrons. The first kappa shape index (κ1) is 26.9. The first-order valence-corrected chi connectivity index (χ1v) is 16.0. The lowest BCUT2D eigenvalue weighted by Crippen LogP contribution is -2.41. The van der Waals surface area contributed by atoms with E-state index in [0.717, 1.165) is 17.1 Å². The van der Waals surface area contributed by atoms with Crippen LogP contribution >= 0.6 is 11.8 Å². The summed E-state index contributed by atoms with van der Waals surface area (Å²) in [4.78, 5) is 5.05. The SMILES string of the molecule is Cc1cc(-c2cc3c(cc2Nc2ccccc2)Sc2ccccc2C3(C)C)c2c(c1)N(c1ccccc1)c1ccccc1[B]2. The molecule has 0 saturated carbocycles. The van der Waals surface area contributed by atoms with Gasteiger partial charge in [-0.2, -0.15) is 0 Å². The molecule has 211 valence electrons. The number of nitrogens with zero attached hydrogens (tertiary/aromatic N) is 1. The molecular formula is C40H32BN2S. The number of benzene rings is 6. The van der Waals surface area contributed by atoms with Crippen LogP contribution in [0.2, 0.25) is 0 Å². The first-order valence-electron chi connectivity index (χ1n) is 15.2. The van der Waals surface area contributed by atoms with Gasteiger partial charge in [0.15, 0.2) is 7.28 Å². The molecule has 0 atom stereocenters. The third-order valence-corrected chi connectivity index (χ3v) is 10.1. The van der Waals surface area contributed by atoms with Crippen molar-refractivity contribution in [2.24, 2.45) is 0 Å². The molecule has 0 amide bonds. The molecule has 0 bridgehead atoms. The van der Waals surface area contributed by atoms with Crippen LogP contribution in [-0.2, 0) is 5.41 Å². The van der Waals surface area contributed by atoms with Crippen molar-refractivity contribution in [1.82, 2.24) is 0 Å². The van der Waals surface area contributed by atoms with Gasteiger partial charge in [0.05, 0.1) is 0 Å². The van der Waals surface area contributed by atoms with Crippen molar-refractivity contribution in [1.29, 1.82) is 0 Å². The van der Waals surface area contributed by atoms with Crippen molar-refractivity contribution < 1.29 is 0 Å². The van der Waals surface area contributed by atoms with Gasteiger partial charge in [-0.05, 0) is 89.2 Å². The van der Waals surface area contributed by atoms with Gasteiger partial charge in [0.1, 0.15) is 0 Å². The summed E-state index contributed by atoms with van der Waals surface area (Å²) in [5.74, 6) is 0. The topological polar surface area (TPSA) is 15.3 Å². The fraction of sp³-hybridized carbons (Fsp3) is 0.100. The third-order valence-electron chi connectivity index (χ3n) is 8.95. The second kappa shape index (κ2) is 10.5. The van der Waals surface area contributed by atoms with Gasteiger partial charge in [0.2, 0.25) is 0 Å². The molecule has 0 fully saturated rings. The van der Waals surface area contributed by atoms with Crippen molar-refractivity contribution in [2.75, 3.05) is 10.2 Å². The predicted octanol–water partition coefficient (Wildman–Crippen LogP) is 9.63. The number of hydrogen-bond acceptors (Lipinski definition) is 3. The van der Waals surface area contributed by atoms with Crippen LogP contribution in [0.3, 0.4) is 0 Å². The summed E-state index contributed by atoms with van der Waals surface area (Å²) < 4.78 is 0. The Balaban J connectivity index is 1.38. The van der Waals surface area contributed by atoms with E-state index in [-0.39, 0.29) is 5.41 Å². The summed E-state index contributed by atoms with van der Waals surface area (Å²) in [5, 5.41) is 3.82. The summed E-state index contributed by atoms with van der Waals surface area (Å²) in [6, 6.07) is 48.4. The Labute approximate surface area is 265 Å². The number of hydrogen-bond donors (Lipinski definition) is 1. The molecule has 0 aromatic heterocycles. The summed E-state index contributed by atoms with van der Waals surface area (Å²) >= 11 is 1.88. The molecule has 0 unspecified atom stereocenters. The zero-order valence-electron chi connectivity index (χ0n) is 25.1. The minimum atomic E-state index is -0.131. The number of para-hydroxylation sites is 3. The van der Waals surface area contributed by atoms with Crippen LogP contribution in [0.15, 0.2) is 143 Å². The number of aryl methyl sites for hydroxylation is 1. The van der Waals surface area contributed by atoms with Crippen LogP contribution in [0.25, 0.3) is 11.1 Å². The van der Waals surface area contributed by atoms with Gasteiger partial charge in [0, 0.05) is 49.2 Å². The predicted molar refractivity (Wildman–Crippen MR) is 189 cm³/mol. The largest absolute Gasteiger partial charge is 0.355 e. The van der Waals surface area contributed by atoms with Crippen LogP contribution in [-0.4, -0.2) is 7.28 Å². The van der Waals surface area contributed by atoms with Gasteiger partial charge in [-0.25, -0.2) is 0 Å². The first-order chi connectivity index (χ1) is 21.5. The fourth-order valence-electron chi connectivity index (χ4n) is 6.78. The molecule has 6 aromatic rings. The highest BCUT2D eigenvalue weighted by molar-refractivity contribution is 7.99. The Hall–Kier alpha value is -4.67. The highest BCUT2D eigenvalue weighted by Crippen LogP contribution is 2.52. The van der Waals surface area contributed by atoms with Gasteiger partial charge in [-0.1, -0.05) is 110 Å². The molecule has 2 aliphatic rings. The normalized spacial score (nSPS) is 14.0. The minimum absolute atomic E-state index is 0.131. The van der Waals surface area contributed by atoms with Crippen LogP contribution in [0.4, 0.5) is 28.4 Å². The molecule has 6 aromatic carbocycles. The van der Waals surface area contributed by atoms with E-state index in [1.807, 2.05) is 11.8 Å². The van der Waals surface area contributed by atoms with Crippen LogP contribution in [0.1, 0.15) is 30.5 Å². The second-order valence-electron chi connectivity index (χ2n) is 12.2. The maximum absolute atomic E-state index is 3.82. The lowest BCUT2D eigenvalue weighted by Gasteiger charge is -2.37. The molecule has 0 saturated heterocycles. The zero-order chi connectivity index (χ0) is 29.8. The van der Waals surface area contributed by atoms with Gasteiger partial charge >= 0.3 is 0 Å². The van der Waals surface area contributed by atoms with Crippen molar-refractivity contribution in [3.8, 4) is 11.1 Å². The smallest absolute Gasteiger partial charge is 0.197 e.